The summed E-state index contributed by atoms with van der Waals surface area (Å²) >= 11 is 0. The second kappa shape index (κ2) is 9.92. The number of carbonyl (C=O) groups excluding carboxylic acids is 1. The molecule has 0 bridgehead atoms. The first kappa shape index (κ1) is 27.8. The molecule has 198 valence electrons. The number of aromatic nitrogens is 1. The quantitative estimate of drug-likeness (QED) is 0.531. The van der Waals surface area contributed by atoms with Gasteiger partial charge in [0.05, 0.1) is 16.3 Å². The Morgan fingerprint density at radius 1 is 1.31 bits per heavy atom. The van der Waals surface area contributed by atoms with Crippen LogP contribution in [0.25, 0.3) is 0 Å². The summed E-state index contributed by atoms with van der Waals surface area (Å²) in [5.41, 5.74) is -2.82. The molecule has 36 heavy (non-hydrogen) atoms. The van der Waals surface area contributed by atoms with Gasteiger partial charge in [0.2, 0.25) is 5.82 Å². The molecule has 5 atom stereocenters. The van der Waals surface area contributed by atoms with Gasteiger partial charge in [0.25, 0.3) is 5.91 Å². The highest BCUT2D eigenvalue weighted by Crippen LogP contribution is 2.55. The third kappa shape index (κ3) is 4.90. The minimum Gasteiger partial charge on any atom is -0.490 e. The molecule has 2 aromatic rings. The number of ether oxygens (including phenoxy) is 2. The van der Waals surface area contributed by atoms with Crippen molar-refractivity contribution >= 4 is 21.3 Å². The minimum absolute atomic E-state index is 0.0550. The van der Waals surface area contributed by atoms with Crippen LogP contribution in [0, 0.1) is 17.6 Å². The number of nitrogens with zero attached hydrogens (tertiary/aromatic N) is 2. The van der Waals surface area contributed by atoms with Crippen molar-refractivity contribution in [2.75, 3.05) is 25.2 Å². The van der Waals surface area contributed by atoms with E-state index in [0.29, 0.717) is 0 Å². The number of alkyl halides is 3. The maximum Gasteiger partial charge on any atom is 0.417 e. The third-order valence-corrected chi connectivity index (χ3v) is 8.09. The van der Waals surface area contributed by atoms with Gasteiger partial charge in [-0.05, 0) is 32.0 Å². The molecule has 0 saturated carbocycles. The maximum atomic E-state index is 14.6. The second-order valence-corrected chi connectivity index (χ2v) is 10.9. The van der Waals surface area contributed by atoms with Gasteiger partial charge in [-0.1, -0.05) is 13.0 Å². The summed E-state index contributed by atoms with van der Waals surface area (Å²) in [6.45, 7) is 3.43. The van der Waals surface area contributed by atoms with Crippen molar-refractivity contribution in [3.8, 4) is 5.75 Å². The number of halogens is 5. The number of nitrogens with one attached hydrogen (secondary N) is 1. The Morgan fingerprint density at radius 2 is 1.97 bits per heavy atom. The van der Waals surface area contributed by atoms with Gasteiger partial charge in [-0.25, -0.2) is 17.9 Å². The highest BCUT2D eigenvalue weighted by atomic mass is 32.2. The number of hydrogen-bond donors (Lipinski definition) is 1. The highest BCUT2D eigenvalue weighted by Gasteiger charge is 2.65. The first-order valence-electron chi connectivity index (χ1n) is 10.9. The molecule has 1 aromatic carbocycles. The Balaban J connectivity index is 2.09. The largest absolute Gasteiger partial charge is 0.490 e. The van der Waals surface area contributed by atoms with Gasteiger partial charge in [-0.15, -0.1) is 0 Å². The van der Waals surface area contributed by atoms with Crippen LogP contribution < -0.4 is 10.1 Å². The zero-order valence-electron chi connectivity index (χ0n) is 20.2. The third-order valence-electron chi connectivity index (χ3n) is 6.39. The van der Waals surface area contributed by atoms with E-state index in [-0.39, 0.29) is 22.9 Å². The molecule has 0 spiro atoms. The van der Waals surface area contributed by atoms with E-state index in [2.05, 4.69) is 14.7 Å². The number of rotatable bonds is 6. The van der Waals surface area contributed by atoms with Crippen molar-refractivity contribution in [2.24, 2.45) is 10.3 Å². The number of anilines is 1. The highest BCUT2D eigenvalue weighted by molar-refractivity contribution is 7.92. The Morgan fingerprint density at radius 3 is 2.56 bits per heavy atom. The summed E-state index contributed by atoms with van der Waals surface area (Å²) < 4.78 is 97.7. The Bertz CT molecular complexity index is 1280. The predicted octanol–water partition coefficient (Wildman–Crippen LogP) is 4.92. The standard InChI is InChI=1S/C23H26F5N3O4S/c1-6-34-19-14(7-8-15(24)18(19)25)17-12(2)22(3,23(26,27)28)35-20(17)21(32)31-13-9-10-30-16(11-13)36(5,33)29-4/h7-12,17,20H,6H2,1-5H3,(H,30,31,32)/t12-,17-,20+,22+,36?/m0/s1. The lowest BCUT2D eigenvalue weighted by Crippen LogP contribution is -2.47. The van der Waals surface area contributed by atoms with Crippen LogP contribution in [-0.2, 0) is 19.3 Å². The fourth-order valence-corrected chi connectivity index (χ4v) is 4.91. The van der Waals surface area contributed by atoms with Crippen molar-refractivity contribution in [1.82, 2.24) is 4.98 Å². The van der Waals surface area contributed by atoms with E-state index in [1.807, 2.05) is 0 Å². The fourth-order valence-electron chi connectivity index (χ4n) is 4.12. The minimum atomic E-state index is -4.88. The van der Waals surface area contributed by atoms with Crippen LogP contribution in [0.2, 0.25) is 0 Å². The van der Waals surface area contributed by atoms with Gasteiger partial charge < -0.3 is 14.8 Å². The Hall–Kier alpha value is -2.80. The van der Waals surface area contributed by atoms with E-state index >= 15 is 0 Å². The van der Waals surface area contributed by atoms with Crippen molar-refractivity contribution in [3.05, 3.63) is 47.7 Å². The Labute approximate surface area is 205 Å². The molecule has 0 radical (unpaired) electrons. The summed E-state index contributed by atoms with van der Waals surface area (Å²) in [4.78, 5) is 17.3. The number of hydrogen-bond acceptors (Lipinski definition) is 6. The lowest BCUT2D eigenvalue weighted by atomic mass is 9.77. The topological polar surface area (TPSA) is 89.9 Å². The van der Waals surface area contributed by atoms with Crippen LogP contribution in [0.1, 0.15) is 32.3 Å². The summed E-state index contributed by atoms with van der Waals surface area (Å²) in [7, 11) is -1.52. The molecule has 7 nitrogen and oxygen atoms in total. The average Bonchev–Trinajstić information content (AvgIpc) is 3.09. The summed E-state index contributed by atoms with van der Waals surface area (Å²) in [5, 5.41) is 2.52. The second-order valence-electron chi connectivity index (χ2n) is 8.53. The number of benzene rings is 1. The maximum absolute atomic E-state index is 14.6. The molecule has 3 rings (SSSR count). The van der Waals surface area contributed by atoms with Gasteiger partial charge in [-0.3, -0.25) is 4.79 Å². The molecule has 1 saturated heterocycles. The SMILES string of the molecule is CCOc1c([C@H]2[C@H](C(=O)Nc3ccnc(S(C)(=O)=NC)c3)O[C@@](C)(C(F)(F)F)[C@H]2C)ccc(F)c1F. The van der Waals surface area contributed by atoms with Crippen LogP contribution >= 0.6 is 0 Å². The normalized spacial score (nSPS) is 25.8. The first-order valence-corrected chi connectivity index (χ1v) is 12.8. The molecule has 13 heteroatoms. The molecule has 1 aromatic heterocycles. The zero-order chi connectivity index (χ0) is 27.1. The number of amides is 1. The van der Waals surface area contributed by atoms with E-state index in [1.54, 1.807) is 0 Å². The molecular formula is C23H26F5N3O4S. The monoisotopic (exact) mass is 535 g/mol. The number of pyridine rings is 1. The van der Waals surface area contributed by atoms with Gasteiger partial charge in [0.1, 0.15) is 11.1 Å². The van der Waals surface area contributed by atoms with Crippen molar-refractivity contribution in [3.63, 3.8) is 0 Å². The zero-order valence-corrected chi connectivity index (χ0v) is 21.0. The summed E-state index contributed by atoms with van der Waals surface area (Å²) in [6, 6.07) is 4.49. The van der Waals surface area contributed by atoms with Gasteiger partial charge >= 0.3 is 6.18 Å². The molecule has 1 N–H and O–H groups in total. The van der Waals surface area contributed by atoms with Gasteiger partial charge in [-0.2, -0.15) is 17.6 Å². The molecule has 1 unspecified atom stereocenters. The first-order chi connectivity index (χ1) is 16.7. The van der Waals surface area contributed by atoms with Crippen LogP contribution in [0.15, 0.2) is 39.9 Å². The molecule has 1 fully saturated rings. The van der Waals surface area contributed by atoms with Crippen LogP contribution in [-0.4, -0.2) is 52.9 Å². The molecule has 1 aliphatic rings. The number of carbonyl (C=O) groups is 1. The lowest BCUT2D eigenvalue weighted by Gasteiger charge is -2.32. The summed E-state index contributed by atoms with van der Waals surface area (Å²) in [5.74, 6) is -6.92. The smallest absolute Gasteiger partial charge is 0.417 e. The van der Waals surface area contributed by atoms with E-state index in [9.17, 15) is 31.0 Å². The van der Waals surface area contributed by atoms with E-state index in [4.69, 9.17) is 9.47 Å². The van der Waals surface area contributed by atoms with Crippen molar-refractivity contribution in [1.29, 1.82) is 0 Å². The van der Waals surface area contributed by atoms with Crippen molar-refractivity contribution in [2.45, 2.75) is 49.6 Å². The average molecular weight is 536 g/mol. The fraction of sp³-hybridized carbons (Fsp3) is 0.478. The van der Waals surface area contributed by atoms with E-state index < -0.39 is 62.7 Å². The lowest BCUT2D eigenvalue weighted by molar-refractivity contribution is -0.272. The van der Waals surface area contributed by atoms with E-state index in [1.165, 1.54) is 45.5 Å². The molecule has 0 aliphatic carbocycles. The van der Waals surface area contributed by atoms with Gasteiger partial charge in [0.15, 0.2) is 17.2 Å². The van der Waals surface area contributed by atoms with Gasteiger partial charge in [0, 0.05) is 42.6 Å². The van der Waals surface area contributed by atoms with Crippen LogP contribution in [0.4, 0.5) is 27.6 Å². The van der Waals surface area contributed by atoms with Crippen LogP contribution in [0.5, 0.6) is 5.75 Å². The molecule has 1 amide bonds. The molecule has 1 aliphatic heterocycles. The van der Waals surface area contributed by atoms with Crippen LogP contribution in [0.3, 0.4) is 0 Å². The molecule has 2 heterocycles. The molecular weight excluding hydrogens is 509 g/mol. The summed E-state index contributed by atoms with van der Waals surface area (Å²) in [6.07, 6.45) is -4.04. The Kier molecular flexibility index (Phi) is 7.66. The predicted molar refractivity (Wildman–Crippen MR) is 122 cm³/mol. The van der Waals surface area contributed by atoms with E-state index in [0.717, 1.165) is 19.1 Å². The van der Waals surface area contributed by atoms with Crippen molar-refractivity contribution < 1.29 is 40.4 Å².